The predicted octanol–water partition coefficient (Wildman–Crippen LogP) is 21.7. The van der Waals surface area contributed by atoms with Gasteiger partial charge < -0.3 is 44.4 Å². The van der Waals surface area contributed by atoms with Crippen LogP contribution in [0.4, 0.5) is 0 Å². The third-order valence-electron chi connectivity index (χ3n) is 13.8. The maximum atomic E-state index is 11.4. The first-order chi connectivity index (χ1) is 42.7. The maximum absolute atomic E-state index is 11.4. The molecule has 0 atom stereocenters. The minimum atomic E-state index is 0.116. The highest BCUT2D eigenvalue weighted by Gasteiger charge is 2.07. The van der Waals surface area contributed by atoms with Gasteiger partial charge in [0.1, 0.15) is 5.78 Å². The van der Waals surface area contributed by atoms with Crippen LogP contribution in [0.3, 0.4) is 0 Å². The number of amides is 1. The SMILES string of the molecule is CC(C)CCCCC(=O)C(C)C.CC(C)CCCCCCNC(C)C.CC(C)CCCCCCNC(C)C.CC(C)CCCOCC(C)C.CC(C)CCOCC(C)C.CC(C)CCOCCOCC(C)C.CC(C)CCOCCOCCNC(=O)CCC(C)C. The summed E-state index contributed by atoms with van der Waals surface area (Å²) in [6.07, 6.45) is 25.7. The summed E-state index contributed by atoms with van der Waals surface area (Å²) in [6, 6.07) is 1.30. The van der Waals surface area contributed by atoms with Crippen molar-refractivity contribution in [1.82, 2.24) is 16.0 Å². The fraction of sp³-hybridized carbons (Fsp3) is 0.975. The van der Waals surface area contributed by atoms with E-state index in [-0.39, 0.29) is 11.8 Å². The third-order valence-corrected chi connectivity index (χ3v) is 13.8. The second-order valence-corrected chi connectivity index (χ2v) is 31.3. The Hall–Kier alpha value is -1.18. The lowest BCUT2D eigenvalue weighted by molar-refractivity contribution is -0.122. The van der Waals surface area contributed by atoms with Gasteiger partial charge in [0.05, 0.1) is 33.0 Å². The molecule has 0 radical (unpaired) electrons. The maximum Gasteiger partial charge on any atom is 0.220 e. The number of ether oxygens (including phenoxy) is 6. The minimum Gasteiger partial charge on any atom is -0.381 e. The second kappa shape index (κ2) is 81.2. The fourth-order valence-corrected chi connectivity index (χ4v) is 7.80. The summed E-state index contributed by atoms with van der Waals surface area (Å²) in [5.74, 6) is 8.85. The van der Waals surface area contributed by atoms with Gasteiger partial charge in [-0.15, -0.1) is 0 Å². The summed E-state index contributed by atoms with van der Waals surface area (Å²) in [7, 11) is 0. The van der Waals surface area contributed by atoms with E-state index in [4.69, 9.17) is 28.4 Å². The lowest BCUT2D eigenvalue weighted by atomic mass is 10.0. The summed E-state index contributed by atoms with van der Waals surface area (Å²) < 4.78 is 32.4. The zero-order valence-corrected chi connectivity index (χ0v) is 67.3. The van der Waals surface area contributed by atoms with Gasteiger partial charge in [0.2, 0.25) is 5.91 Å². The van der Waals surface area contributed by atoms with Crippen LogP contribution >= 0.6 is 0 Å². The molecule has 0 aliphatic heterocycles. The average molecular weight is 1310 g/mol. The molecule has 3 N–H and O–H groups in total. The molecule has 1 amide bonds. The molecular weight excluding hydrogens is 1130 g/mol. The van der Waals surface area contributed by atoms with Crippen molar-refractivity contribution in [2.45, 2.75) is 341 Å². The molecule has 0 aliphatic rings. The zero-order chi connectivity index (χ0) is 71.1. The van der Waals surface area contributed by atoms with Crippen LogP contribution in [0.25, 0.3) is 0 Å². The van der Waals surface area contributed by atoms with Crippen molar-refractivity contribution in [3.8, 4) is 0 Å². The molecule has 0 saturated carbocycles. The Balaban J connectivity index is -0.000000183. The first-order valence-corrected chi connectivity index (χ1v) is 38.4. The minimum absolute atomic E-state index is 0.116. The van der Waals surface area contributed by atoms with E-state index in [0.717, 1.165) is 127 Å². The Morgan fingerprint density at radius 1 is 0.253 bits per heavy atom. The molecule has 0 rings (SSSR count). The molecule has 0 aliphatic carbocycles. The Bertz CT molecular complexity index is 1220. The molecule has 556 valence electrons. The van der Waals surface area contributed by atoms with Crippen molar-refractivity contribution in [1.29, 1.82) is 0 Å². The molecule has 11 heteroatoms. The number of carbonyl (C=O) groups excluding carboxylic acids is 2. The van der Waals surface area contributed by atoms with Crippen LogP contribution in [0, 0.1) is 71.0 Å². The molecule has 0 saturated heterocycles. The fourth-order valence-electron chi connectivity index (χ4n) is 7.80. The number of ketones is 1. The van der Waals surface area contributed by atoms with Gasteiger partial charge in [-0.2, -0.15) is 0 Å². The largest absolute Gasteiger partial charge is 0.381 e. The van der Waals surface area contributed by atoms with Gasteiger partial charge >= 0.3 is 0 Å². The number of unbranched alkanes of at least 4 members (excludes halogenated alkanes) is 7. The molecular formula is C80H173N3O8. The van der Waals surface area contributed by atoms with Crippen LogP contribution in [-0.2, 0) is 38.0 Å². The molecule has 0 unspecified atom stereocenters. The normalized spacial score (nSPS) is 11.4. The van der Waals surface area contributed by atoms with Crippen molar-refractivity contribution in [3.05, 3.63) is 0 Å². The molecule has 0 spiro atoms. The Kier molecular flexibility index (Phi) is 92.2. The molecule has 0 aromatic carbocycles. The third kappa shape index (κ3) is 130. The summed E-state index contributed by atoms with van der Waals surface area (Å²) in [5, 5.41) is 9.74. The first-order valence-electron chi connectivity index (χ1n) is 38.4. The van der Waals surface area contributed by atoms with Gasteiger partial charge in [-0.25, -0.2) is 0 Å². The number of hydrogen-bond donors (Lipinski definition) is 3. The molecule has 0 bridgehead atoms. The Morgan fingerprint density at radius 3 is 0.890 bits per heavy atom. The van der Waals surface area contributed by atoms with Crippen LogP contribution < -0.4 is 16.0 Å². The van der Waals surface area contributed by atoms with Gasteiger partial charge in [-0.1, -0.05) is 258 Å². The number of nitrogens with one attached hydrogen (secondary N) is 3. The van der Waals surface area contributed by atoms with E-state index in [1.54, 1.807) is 0 Å². The monoisotopic (exact) mass is 1300 g/mol. The second-order valence-electron chi connectivity index (χ2n) is 31.3. The van der Waals surface area contributed by atoms with E-state index < -0.39 is 0 Å². The van der Waals surface area contributed by atoms with Crippen LogP contribution in [0.5, 0.6) is 0 Å². The van der Waals surface area contributed by atoms with E-state index in [1.807, 2.05) is 13.8 Å². The van der Waals surface area contributed by atoms with Crippen LogP contribution in [0.15, 0.2) is 0 Å². The van der Waals surface area contributed by atoms with Gasteiger partial charge in [0.15, 0.2) is 0 Å². The molecule has 0 fully saturated rings. The first kappa shape index (κ1) is 103. The zero-order valence-electron chi connectivity index (χ0n) is 67.3. The van der Waals surface area contributed by atoms with Gasteiger partial charge in [-0.3, -0.25) is 9.59 Å². The van der Waals surface area contributed by atoms with Crippen LogP contribution in [-0.4, -0.2) is 123 Å². The molecule has 0 heterocycles. The van der Waals surface area contributed by atoms with E-state index in [0.29, 0.717) is 80.2 Å². The van der Waals surface area contributed by atoms with E-state index in [2.05, 4.69) is 196 Å². The standard InChI is InChI=1S/C15H31NO3.2C12H27N.C11H24O2.C11H22O.C10H22O.C9H20O/c1-13(2)5-6-15(17)16-8-10-19-12-11-18-9-7-14(3)4;2*1-11(2)9-7-5-6-8-10-13-12(3)4;1-10(2)5-6-12-7-8-13-9-11(3)4;1-9(2)7-5-6-8-11(12)10(3)4;1-9(2)6-5-7-11-8-10(3)4;1-8(2)5-6-10-7-9(3)4/h13-14H,5-12H2,1-4H3,(H,16,17);2*11-13H,5-10H2,1-4H3;10-11H,5-9H2,1-4H3;9-10H,5-8H2,1-4H3;9-10H,5-8H2,1-4H3;8-9H,5-7H2,1-4H3. The van der Waals surface area contributed by atoms with E-state index in [9.17, 15) is 9.59 Å². The highest BCUT2D eigenvalue weighted by Crippen LogP contribution is 2.13. The summed E-state index contributed by atoms with van der Waals surface area (Å²) in [6.45, 7) is 73.9. The van der Waals surface area contributed by atoms with Gasteiger partial charge in [-0.05, 0) is 136 Å². The van der Waals surface area contributed by atoms with E-state index in [1.165, 1.54) is 109 Å². The Labute approximate surface area is 573 Å². The lowest BCUT2D eigenvalue weighted by Gasteiger charge is -2.08. The summed E-state index contributed by atoms with van der Waals surface area (Å²) in [5.41, 5.74) is 0. The Morgan fingerprint density at radius 2 is 0.549 bits per heavy atom. The smallest absolute Gasteiger partial charge is 0.220 e. The molecule has 0 aromatic heterocycles. The topological polar surface area (TPSA) is 126 Å². The number of Topliss-reactive ketones (excluding diaryl/α,β-unsaturated/α-hetero) is 1. The predicted molar refractivity (Wildman–Crippen MR) is 404 cm³/mol. The highest BCUT2D eigenvalue weighted by atomic mass is 16.5. The van der Waals surface area contributed by atoms with Crippen molar-refractivity contribution >= 4 is 11.7 Å². The summed E-state index contributed by atoms with van der Waals surface area (Å²) >= 11 is 0. The van der Waals surface area contributed by atoms with Gasteiger partial charge in [0.25, 0.3) is 0 Å². The lowest BCUT2D eigenvalue weighted by Crippen LogP contribution is -2.27. The van der Waals surface area contributed by atoms with Crippen LogP contribution in [0.2, 0.25) is 0 Å². The molecule has 91 heavy (non-hydrogen) atoms. The number of hydrogen-bond acceptors (Lipinski definition) is 10. The van der Waals surface area contributed by atoms with E-state index >= 15 is 0 Å². The van der Waals surface area contributed by atoms with Crippen molar-refractivity contribution in [2.24, 2.45) is 71.0 Å². The average Bonchev–Trinajstić information content (AvgIpc) is 3.50. The number of rotatable bonds is 53. The quantitative estimate of drug-likeness (QED) is 0.0507. The van der Waals surface area contributed by atoms with Crippen molar-refractivity contribution in [2.75, 3.05) is 98.9 Å². The summed E-state index contributed by atoms with van der Waals surface area (Å²) in [4.78, 5) is 22.6. The van der Waals surface area contributed by atoms with Gasteiger partial charge in [0, 0.05) is 83.6 Å². The molecule has 11 nitrogen and oxygen atoms in total. The highest BCUT2D eigenvalue weighted by molar-refractivity contribution is 5.80. The van der Waals surface area contributed by atoms with Crippen LogP contribution in [0.1, 0.15) is 329 Å². The van der Waals surface area contributed by atoms with Crippen molar-refractivity contribution < 1.29 is 38.0 Å². The number of carbonyl (C=O) groups is 2. The molecule has 0 aromatic rings. The van der Waals surface area contributed by atoms with Crippen molar-refractivity contribution in [3.63, 3.8) is 0 Å².